The highest BCUT2D eigenvalue weighted by Crippen LogP contribution is 2.35. The second-order valence-corrected chi connectivity index (χ2v) is 12.9. The van der Waals surface area contributed by atoms with E-state index in [9.17, 15) is 0 Å². The molecule has 1 aromatic carbocycles. The smallest absolute Gasteiger partial charge is 0.149 e. The number of fused-ring (bicyclic) bond motifs is 1. The lowest BCUT2D eigenvalue weighted by Crippen LogP contribution is -2.49. The molecule has 3 rings (SSSR count). The first-order chi connectivity index (χ1) is 20.4. The molecule has 1 saturated heterocycles. The lowest BCUT2D eigenvalue weighted by atomic mass is 9.87. The molecule has 0 bridgehead atoms. The third-order valence-corrected chi connectivity index (χ3v) is 7.87. The largest absolute Gasteiger partial charge is 0.394 e. The number of methoxy groups -OCH3 is 1. The SMILES string of the molecule is CC.CC.CCCCNc1c(N)c(N)nc2ccc(N3CCN(CC(C)(C)COCC(C)(C)CCC(C)OC)CC3)cc12. The molecule has 1 aliphatic rings. The molecule has 1 aliphatic heterocycles. The molecule has 1 unspecified atom stereocenters. The maximum Gasteiger partial charge on any atom is 0.149 e. The molecule has 248 valence electrons. The van der Waals surface area contributed by atoms with E-state index in [-0.39, 0.29) is 10.8 Å². The van der Waals surface area contributed by atoms with Gasteiger partial charge in [-0.15, -0.1) is 0 Å². The minimum atomic E-state index is 0.100. The third kappa shape index (κ3) is 12.7. The number of unbranched alkanes of at least 4 members (excludes halogenated alkanes) is 1. The van der Waals surface area contributed by atoms with Gasteiger partial charge in [0.1, 0.15) is 5.82 Å². The van der Waals surface area contributed by atoms with Gasteiger partial charge >= 0.3 is 0 Å². The first-order valence-electron chi connectivity index (χ1n) is 16.7. The van der Waals surface area contributed by atoms with E-state index >= 15 is 0 Å². The Labute approximate surface area is 264 Å². The molecule has 0 amide bonds. The summed E-state index contributed by atoms with van der Waals surface area (Å²) in [5.41, 5.74) is 16.2. The zero-order chi connectivity index (χ0) is 32.6. The summed E-state index contributed by atoms with van der Waals surface area (Å²) in [7, 11) is 1.78. The van der Waals surface area contributed by atoms with E-state index < -0.39 is 0 Å². The van der Waals surface area contributed by atoms with Crippen molar-refractivity contribution >= 4 is 33.8 Å². The number of aromatic nitrogens is 1. The molecule has 1 atom stereocenters. The van der Waals surface area contributed by atoms with Gasteiger partial charge in [-0.25, -0.2) is 4.98 Å². The van der Waals surface area contributed by atoms with Gasteiger partial charge in [0.05, 0.1) is 36.2 Å². The second-order valence-electron chi connectivity index (χ2n) is 12.9. The van der Waals surface area contributed by atoms with Crippen molar-refractivity contribution in [3.8, 4) is 0 Å². The van der Waals surface area contributed by atoms with Crippen LogP contribution in [0.15, 0.2) is 18.2 Å². The molecule has 0 saturated carbocycles. The van der Waals surface area contributed by atoms with Gasteiger partial charge in [0.15, 0.2) is 0 Å². The van der Waals surface area contributed by atoms with E-state index in [0.717, 1.165) is 94.8 Å². The number of nitrogens with two attached hydrogens (primary N) is 2. The highest BCUT2D eigenvalue weighted by Gasteiger charge is 2.27. The van der Waals surface area contributed by atoms with Gasteiger partial charge in [-0.2, -0.15) is 0 Å². The van der Waals surface area contributed by atoms with Crippen molar-refractivity contribution in [3.05, 3.63) is 18.2 Å². The second kappa shape index (κ2) is 19.2. The molecule has 8 nitrogen and oxygen atoms in total. The Morgan fingerprint density at radius 2 is 1.60 bits per heavy atom. The van der Waals surface area contributed by atoms with Crippen molar-refractivity contribution < 1.29 is 9.47 Å². The molecular weight excluding hydrogens is 536 g/mol. The summed E-state index contributed by atoms with van der Waals surface area (Å²) in [5, 5.41) is 4.55. The van der Waals surface area contributed by atoms with Crippen molar-refractivity contribution in [1.29, 1.82) is 0 Å². The summed E-state index contributed by atoms with van der Waals surface area (Å²) >= 11 is 0. The van der Waals surface area contributed by atoms with E-state index in [1.54, 1.807) is 7.11 Å². The fraction of sp³-hybridized carbons (Fsp3) is 0.743. The number of rotatable bonds is 15. The normalized spacial score (nSPS) is 14.9. The van der Waals surface area contributed by atoms with Crippen LogP contribution < -0.4 is 21.7 Å². The fourth-order valence-electron chi connectivity index (χ4n) is 5.27. The minimum Gasteiger partial charge on any atom is -0.394 e. The van der Waals surface area contributed by atoms with E-state index in [1.165, 1.54) is 5.69 Å². The first kappa shape index (κ1) is 38.7. The van der Waals surface area contributed by atoms with Gasteiger partial charge in [0.25, 0.3) is 0 Å². The Bertz CT molecular complexity index is 1050. The van der Waals surface area contributed by atoms with Crippen LogP contribution in [0.25, 0.3) is 10.9 Å². The van der Waals surface area contributed by atoms with Crippen LogP contribution in [-0.2, 0) is 9.47 Å². The number of anilines is 4. The number of nitrogens with zero attached hydrogens (tertiary/aromatic N) is 3. The van der Waals surface area contributed by atoms with Crippen LogP contribution in [0.1, 0.15) is 94.9 Å². The highest BCUT2D eigenvalue weighted by atomic mass is 16.5. The molecule has 1 aromatic heterocycles. The quantitative estimate of drug-likeness (QED) is 0.179. The summed E-state index contributed by atoms with van der Waals surface area (Å²) in [5.74, 6) is 0.388. The average molecular weight is 603 g/mol. The van der Waals surface area contributed by atoms with Gasteiger partial charge in [0, 0.05) is 62.9 Å². The number of pyridine rings is 1. The summed E-state index contributed by atoms with van der Waals surface area (Å²) < 4.78 is 11.7. The number of nitrogens with one attached hydrogen (secondary N) is 1. The Kier molecular flexibility index (Phi) is 17.3. The van der Waals surface area contributed by atoms with Gasteiger partial charge in [-0.1, -0.05) is 68.7 Å². The number of hydrogen-bond acceptors (Lipinski definition) is 8. The van der Waals surface area contributed by atoms with Crippen LogP contribution in [0.3, 0.4) is 0 Å². The molecule has 0 radical (unpaired) electrons. The van der Waals surface area contributed by atoms with Gasteiger partial charge < -0.3 is 31.2 Å². The Morgan fingerprint density at radius 1 is 0.977 bits per heavy atom. The Morgan fingerprint density at radius 3 is 2.21 bits per heavy atom. The topological polar surface area (TPSA) is 102 Å². The van der Waals surface area contributed by atoms with Crippen molar-refractivity contribution in [2.24, 2.45) is 10.8 Å². The molecule has 2 aromatic rings. The maximum absolute atomic E-state index is 6.34. The lowest BCUT2D eigenvalue weighted by Gasteiger charge is -2.40. The number of piperazine rings is 1. The summed E-state index contributed by atoms with van der Waals surface area (Å²) in [6.45, 7) is 29.0. The third-order valence-electron chi connectivity index (χ3n) is 7.87. The van der Waals surface area contributed by atoms with E-state index in [1.807, 2.05) is 27.7 Å². The summed E-state index contributed by atoms with van der Waals surface area (Å²) in [4.78, 5) is 9.57. The molecule has 5 N–H and O–H groups in total. The van der Waals surface area contributed by atoms with Crippen LogP contribution in [0.4, 0.5) is 22.9 Å². The predicted octanol–water partition coefficient (Wildman–Crippen LogP) is 7.67. The molecule has 2 heterocycles. The summed E-state index contributed by atoms with van der Waals surface area (Å²) in [6, 6.07) is 6.44. The molecule has 1 fully saturated rings. The van der Waals surface area contributed by atoms with Crippen LogP contribution in [0.5, 0.6) is 0 Å². The molecule has 8 heteroatoms. The van der Waals surface area contributed by atoms with Crippen LogP contribution in [-0.4, -0.2) is 75.6 Å². The molecular formula is C35H66N6O2. The monoisotopic (exact) mass is 603 g/mol. The number of hydrogen-bond donors (Lipinski definition) is 3. The number of ether oxygens (including phenoxy) is 2. The van der Waals surface area contributed by atoms with Gasteiger partial charge in [0.2, 0.25) is 0 Å². The first-order valence-corrected chi connectivity index (χ1v) is 16.7. The minimum absolute atomic E-state index is 0.100. The van der Waals surface area contributed by atoms with E-state index in [2.05, 4.69) is 79.8 Å². The van der Waals surface area contributed by atoms with Crippen LogP contribution >= 0.6 is 0 Å². The highest BCUT2D eigenvalue weighted by molar-refractivity contribution is 6.02. The van der Waals surface area contributed by atoms with Crippen LogP contribution in [0, 0.1) is 10.8 Å². The standard InChI is InChI=1S/C31H54N6O2.2C2H6/c1-8-9-14-34-28-25-19-24(10-11-26(25)35-29(33)27(28)32)37-17-15-36(16-18-37)20-31(5,6)22-39-21-30(3,4)13-12-23(2)38-7;2*1-2/h10-11,19,23H,8-9,12-18,20-22,32H2,1-7H3,(H3,33,34,35);2*1-2H3. The summed E-state index contributed by atoms with van der Waals surface area (Å²) in [6.07, 6.45) is 4.66. The average Bonchev–Trinajstić information content (AvgIpc) is 3.00. The Hall–Kier alpha value is -2.29. The Balaban J connectivity index is 0.00000221. The van der Waals surface area contributed by atoms with Crippen molar-refractivity contribution in [3.63, 3.8) is 0 Å². The number of nitrogen functional groups attached to an aromatic ring is 2. The van der Waals surface area contributed by atoms with Gasteiger partial charge in [-0.05, 0) is 49.8 Å². The fourth-order valence-corrected chi connectivity index (χ4v) is 5.27. The lowest BCUT2D eigenvalue weighted by molar-refractivity contribution is -0.00567. The van der Waals surface area contributed by atoms with Crippen LogP contribution in [0.2, 0.25) is 0 Å². The van der Waals surface area contributed by atoms with Crippen molar-refractivity contribution in [2.45, 2.75) is 101 Å². The number of benzene rings is 1. The van der Waals surface area contributed by atoms with Gasteiger partial charge in [-0.3, -0.25) is 4.90 Å². The van der Waals surface area contributed by atoms with Crippen molar-refractivity contribution in [1.82, 2.24) is 9.88 Å². The van der Waals surface area contributed by atoms with E-state index in [0.29, 0.717) is 17.6 Å². The zero-order valence-electron chi connectivity index (χ0n) is 29.6. The molecule has 0 aliphatic carbocycles. The van der Waals surface area contributed by atoms with Crippen molar-refractivity contribution in [2.75, 3.05) is 81.3 Å². The predicted molar refractivity (Wildman–Crippen MR) is 189 cm³/mol. The maximum atomic E-state index is 6.34. The molecule has 0 spiro atoms. The molecule has 43 heavy (non-hydrogen) atoms. The van der Waals surface area contributed by atoms with E-state index in [4.69, 9.17) is 20.9 Å². The zero-order valence-corrected chi connectivity index (χ0v) is 29.6.